The van der Waals surface area contributed by atoms with Crippen LogP contribution in [0.15, 0.2) is 42.6 Å². The van der Waals surface area contributed by atoms with Gasteiger partial charge in [-0.1, -0.05) is 12.1 Å². The highest BCUT2D eigenvalue weighted by Crippen LogP contribution is 2.28. The van der Waals surface area contributed by atoms with E-state index in [0.717, 1.165) is 42.1 Å². The van der Waals surface area contributed by atoms with Gasteiger partial charge in [0.2, 0.25) is 0 Å². The molecule has 0 saturated carbocycles. The number of aliphatic hydroxyl groups excluding tert-OH is 1. The topological polar surface area (TPSA) is 74.3 Å². The number of H-pyrrole nitrogens is 1. The van der Waals surface area contributed by atoms with Crippen molar-refractivity contribution < 1.29 is 9.84 Å². The highest BCUT2D eigenvalue weighted by Gasteiger charge is 2.22. The van der Waals surface area contributed by atoms with Gasteiger partial charge in [-0.2, -0.15) is 5.10 Å². The number of fused-ring (bicyclic) bond motifs is 1. The summed E-state index contributed by atoms with van der Waals surface area (Å²) >= 11 is 0. The Kier molecular flexibility index (Phi) is 5.13. The van der Waals surface area contributed by atoms with Gasteiger partial charge in [0.1, 0.15) is 12.4 Å². The van der Waals surface area contributed by atoms with E-state index in [1.54, 1.807) is 0 Å². The zero-order chi connectivity index (χ0) is 17.8. The van der Waals surface area contributed by atoms with Gasteiger partial charge in [-0.15, -0.1) is 0 Å². The minimum absolute atomic E-state index is 0.0334. The largest absolute Gasteiger partial charge is 0.491 e. The highest BCUT2D eigenvalue weighted by molar-refractivity contribution is 5.73. The summed E-state index contributed by atoms with van der Waals surface area (Å²) in [6.45, 7) is 3.38. The van der Waals surface area contributed by atoms with Gasteiger partial charge in [-0.25, -0.2) is 4.98 Å². The van der Waals surface area contributed by atoms with Crippen molar-refractivity contribution in [2.75, 3.05) is 26.3 Å². The number of benzene rings is 1. The molecule has 1 atom stereocenters. The Morgan fingerprint density at radius 2 is 2.23 bits per heavy atom. The number of ether oxygens (including phenoxy) is 1. The van der Waals surface area contributed by atoms with E-state index in [0.29, 0.717) is 12.5 Å². The second-order valence-corrected chi connectivity index (χ2v) is 6.84. The monoisotopic (exact) mass is 352 g/mol. The Bertz CT molecular complexity index is 864. The third kappa shape index (κ3) is 3.86. The summed E-state index contributed by atoms with van der Waals surface area (Å²) in [7, 11) is 0. The number of hydrogen-bond acceptors (Lipinski definition) is 5. The zero-order valence-electron chi connectivity index (χ0n) is 14.8. The lowest BCUT2D eigenvalue weighted by Crippen LogP contribution is -2.34. The molecule has 2 aromatic heterocycles. The SMILES string of the molecule is OCCOc1cccc(CN2CCC[C@@H](c3ccc4cn[nH]c4n3)C2)c1. The zero-order valence-corrected chi connectivity index (χ0v) is 14.8. The van der Waals surface area contributed by atoms with Crippen molar-refractivity contribution in [1.82, 2.24) is 20.1 Å². The first kappa shape index (κ1) is 17.0. The van der Waals surface area contributed by atoms with Gasteiger partial charge in [0.05, 0.1) is 12.8 Å². The predicted octanol–water partition coefficient (Wildman–Crippen LogP) is 2.71. The van der Waals surface area contributed by atoms with Crippen molar-refractivity contribution in [3.8, 4) is 5.75 Å². The Labute approximate surface area is 152 Å². The molecule has 26 heavy (non-hydrogen) atoms. The molecule has 1 aliphatic rings. The van der Waals surface area contributed by atoms with Crippen LogP contribution in [0.4, 0.5) is 0 Å². The standard InChI is InChI=1S/C20H24N4O2/c25-9-10-26-18-5-1-3-15(11-18)13-24-8-2-4-17(14-24)19-7-6-16-12-21-23-20(16)22-19/h1,3,5-7,11-12,17,25H,2,4,8-10,13-14H2,(H,21,22,23)/t17-/m1/s1. The number of hydrogen-bond donors (Lipinski definition) is 2. The summed E-state index contributed by atoms with van der Waals surface area (Å²) in [5.41, 5.74) is 3.25. The van der Waals surface area contributed by atoms with Gasteiger partial charge in [0, 0.05) is 30.1 Å². The molecule has 1 saturated heterocycles. The molecule has 0 radical (unpaired) electrons. The number of aromatic nitrogens is 3. The van der Waals surface area contributed by atoms with Crippen LogP contribution in [0, 0.1) is 0 Å². The molecule has 0 amide bonds. The number of aromatic amines is 1. The fraction of sp³-hybridized carbons (Fsp3) is 0.400. The van der Waals surface area contributed by atoms with Crippen LogP contribution < -0.4 is 4.74 Å². The van der Waals surface area contributed by atoms with Crippen molar-refractivity contribution in [3.05, 3.63) is 53.9 Å². The van der Waals surface area contributed by atoms with E-state index in [1.807, 2.05) is 18.3 Å². The van der Waals surface area contributed by atoms with Gasteiger partial charge in [0.15, 0.2) is 5.65 Å². The van der Waals surface area contributed by atoms with E-state index in [9.17, 15) is 0 Å². The van der Waals surface area contributed by atoms with Gasteiger partial charge in [-0.3, -0.25) is 10.00 Å². The van der Waals surface area contributed by atoms with Crippen LogP contribution in [0.3, 0.4) is 0 Å². The molecule has 1 aromatic carbocycles. The minimum Gasteiger partial charge on any atom is -0.491 e. The van der Waals surface area contributed by atoms with Crippen LogP contribution >= 0.6 is 0 Å². The van der Waals surface area contributed by atoms with E-state index in [-0.39, 0.29) is 6.61 Å². The molecule has 0 bridgehead atoms. The van der Waals surface area contributed by atoms with Gasteiger partial charge in [0.25, 0.3) is 0 Å². The first-order valence-corrected chi connectivity index (χ1v) is 9.17. The lowest BCUT2D eigenvalue weighted by atomic mass is 9.94. The number of nitrogens with one attached hydrogen (secondary N) is 1. The molecule has 1 fully saturated rings. The van der Waals surface area contributed by atoms with Crippen LogP contribution in [0.25, 0.3) is 11.0 Å². The van der Waals surface area contributed by atoms with Crippen LogP contribution in [-0.4, -0.2) is 51.5 Å². The fourth-order valence-electron chi connectivity index (χ4n) is 3.66. The maximum atomic E-state index is 8.90. The second-order valence-electron chi connectivity index (χ2n) is 6.84. The molecule has 1 aliphatic heterocycles. The van der Waals surface area contributed by atoms with E-state index >= 15 is 0 Å². The molecule has 0 spiro atoms. The fourth-order valence-corrected chi connectivity index (χ4v) is 3.66. The van der Waals surface area contributed by atoms with Crippen molar-refractivity contribution in [2.24, 2.45) is 0 Å². The first-order valence-electron chi connectivity index (χ1n) is 9.17. The van der Waals surface area contributed by atoms with Gasteiger partial charge >= 0.3 is 0 Å². The molecule has 0 unspecified atom stereocenters. The number of likely N-dealkylation sites (tertiary alicyclic amines) is 1. The van der Waals surface area contributed by atoms with Crippen molar-refractivity contribution >= 4 is 11.0 Å². The Balaban J connectivity index is 1.43. The van der Waals surface area contributed by atoms with Crippen LogP contribution in [0.2, 0.25) is 0 Å². The summed E-state index contributed by atoms with van der Waals surface area (Å²) in [6, 6.07) is 12.4. The third-order valence-corrected chi connectivity index (χ3v) is 4.91. The third-order valence-electron chi connectivity index (χ3n) is 4.91. The molecule has 3 aromatic rings. The summed E-state index contributed by atoms with van der Waals surface area (Å²) in [4.78, 5) is 7.24. The molecule has 6 heteroatoms. The number of nitrogens with zero attached hydrogens (tertiary/aromatic N) is 3. The lowest BCUT2D eigenvalue weighted by molar-refractivity contribution is 0.195. The highest BCUT2D eigenvalue weighted by atomic mass is 16.5. The summed E-state index contributed by atoms with van der Waals surface area (Å²) < 4.78 is 5.52. The average molecular weight is 352 g/mol. The molecular formula is C20H24N4O2. The Morgan fingerprint density at radius 3 is 3.15 bits per heavy atom. The number of aliphatic hydroxyl groups is 1. The number of rotatable bonds is 6. The van der Waals surface area contributed by atoms with E-state index in [4.69, 9.17) is 14.8 Å². The van der Waals surface area contributed by atoms with Crippen molar-refractivity contribution in [3.63, 3.8) is 0 Å². The van der Waals surface area contributed by atoms with Crippen molar-refractivity contribution in [2.45, 2.75) is 25.3 Å². The quantitative estimate of drug-likeness (QED) is 0.713. The van der Waals surface area contributed by atoms with E-state index in [2.05, 4.69) is 39.4 Å². The average Bonchev–Trinajstić information content (AvgIpc) is 3.15. The van der Waals surface area contributed by atoms with Gasteiger partial charge < -0.3 is 9.84 Å². The number of piperidine rings is 1. The van der Waals surface area contributed by atoms with Crippen LogP contribution in [0.1, 0.15) is 30.0 Å². The molecular weight excluding hydrogens is 328 g/mol. The van der Waals surface area contributed by atoms with Crippen molar-refractivity contribution in [1.29, 1.82) is 0 Å². The number of pyridine rings is 1. The Morgan fingerprint density at radius 1 is 1.27 bits per heavy atom. The van der Waals surface area contributed by atoms with E-state index < -0.39 is 0 Å². The molecule has 0 aliphatic carbocycles. The molecule has 6 nitrogen and oxygen atoms in total. The van der Waals surface area contributed by atoms with E-state index in [1.165, 1.54) is 18.4 Å². The second kappa shape index (κ2) is 7.85. The summed E-state index contributed by atoms with van der Waals surface area (Å²) in [5, 5.41) is 17.0. The first-order chi connectivity index (χ1) is 12.8. The minimum atomic E-state index is 0.0334. The molecule has 3 heterocycles. The Hall–Kier alpha value is -2.44. The van der Waals surface area contributed by atoms with Crippen LogP contribution in [0.5, 0.6) is 5.75 Å². The summed E-state index contributed by atoms with van der Waals surface area (Å²) in [5.74, 6) is 1.27. The molecule has 4 rings (SSSR count). The van der Waals surface area contributed by atoms with Gasteiger partial charge in [-0.05, 0) is 49.2 Å². The molecule has 2 N–H and O–H groups in total. The summed E-state index contributed by atoms with van der Waals surface area (Å²) in [6.07, 6.45) is 4.15. The predicted molar refractivity (Wildman–Crippen MR) is 100 cm³/mol. The molecule has 136 valence electrons. The normalized spacial score (nSPS) is 18.3. The maximum Gasteiger partial charge on any atom is 0.155 e. The maximum absolute atomic E-state index is 8.90. The smallest absolute Gasteiger partial charge is 0.155 e. The van der Waals surface area contributed by atoms with Crippen LogP contribution in [-0.2, 0) is 6.54 Å². The lowest BCUT2D eigenvalue weighted by Gasteiger charge is -2.32.